The predicted octanol–water partition coefficient (Wildman–Crippen LogP) is 3.58. The van der Waals surface area contributed by atoms with Crippen molar-refractivity contribution in [1.29, 1.82) is 0 Å². The number of carboxylic acids is 1. The second kappa shape index (κ2) is 5.57. The van der Waals surface area contributed by atoms with E-state index in [9.17, 15) is 4.79 Å². The van der Waals surface area contributed by atoms with Crippen LogP contribution in [-0.2, 0) is 6.61 Å². The third-order valence-corrected chi connectivity index (χ3v) is 3.00. The molecule has 0 saturated heterocycles. The van der Waals surface area contributed by atoms with Crippen LogP contribution in [0.3, 0.4) is 0 Å². The lowest BCUT2D eigenvalue weighted by Gasteiger charge is -2.09. The third kappa shape index (κ3) is 3.35. The Labute approximate surface area is 112 Å². The van der Waals surface area contributed by atoms with Crippen LogP contribution in [0.15, 0.2) is 42.5 Å². The maximum atomic E-state index is 10.8. The Kier molecular flexibility index (Phi) is 3.85. The molecule has 0 aliphatic rings. The number of carboxylic acid groups (broad SMARTS) is 1. The topological polar surface area (TPSA) is 46.5 Å². The van der Waals surface area contributed by atoms with E-state index >= 15 is 0 Å². The van der Waals surface area contributed by atoms with Gasteiger partial charge in [-0.2, -0.15) is 0 Å². The zero-order valence-electron chi connectivity index (χ0n) is 11.0. The van der Waals surface area contributed by atoms with Gasteiger partial charge in [0.1, 0.15) is 12.4 Å². The van der Waals surface area contributed by atoms with Gasteiger partial charge in [-0.1, -0.05) is 23.8 Å². The summed E-state index contributed by atoms with van der Waals surface area (Å²) in [5.74, 6) is -0.0959. The van der Waals surface area contributed by atoms with Crippen molar-refractivity contribution in [3.8, 4) is 5.75 Å². The summed E-state index contributed by atoms with van der Waals surface area (Å²) < 4.78 is 5.68. The Bertz CT molecular complexity index is 585. The van der Waals surface area contributed by atoms with Gasteiger partial charge in [0.15, 0.2) is 0 Å². The number of aryl methyl sites for hydroxylation is 2. The summed E-state index contributed by atoms with van der Waals surface area (Å²) in [4.78, 5) is 10.8. The van der Waals surface area contributed by atoms with E-state index in [1.807, 2.05) is 38.1 Å². The first-order valence-electron chi connectivity index (χ1n) is 6.08. The highest BCUT2D eigenvalue weighted by atomic mass is 16.5. The molecule has 0 spiro atoms. The van der Waals surface area contributed by atoms with Gasteiger partial charge in [-0.25, -0.2) is 4.79 Å². The van der Waals surface area contributed by atoms with Gasteiger partial charge >= 0.3 is 5.97 Å². The van der Waals surface area contributed by atoms with Gasteiger partial charge in [0.2, 0.25) is 0 Å². The van der Waals surface area contributed by atoms with E-state index in [0.717, 1.165) is 16.9 Å². The first kappa shape index (κ1) is 13.1. The highest BCUT2D eigenvalue weighted by Crippen LogP contribution is 2.16. The monoisotopic (exact) mass is 256 g/mol. The molecule has 2 aromatic rings. The van der Waals surface area contributed by atoms with Crippen LogP contribution in [0, 0.1) is 13.8 Å². The molecule has 2 aromatic carbocycles. The zero-order valence-corrected chi connectivity index (χ0v) is 11.0. The van der Waals surface area contributed by atoms with Crippen LogP contribution >= 0.6 is 0 Å². The minimum atomic E-state index is -0.908. The number of ether oxygens (including phenoxy) is 1. The van der Waals surface area contributed by atoms with Crippen molar-refractivity contribution in [1.82, 2.24) is 0 Å². The fraction of sp³-hybridized carbons (Fsp3) is 0.188. The minimum absolute atomic E-state index is 0.302. The lowest BCUT2D eigenvalue weighted by atomic mass is 10.1. The highest BCUT2D eigenvalue weighted by Gasteiger charge is 2.06. The molecule has 0 amide bonds. The normalized spacial score (nSPS) is 10.2. The van der Waals surface area contributed by atoms with Gasteiger partial charge in [-0.3, -0.25) is 0 Å². The van der Waals surface area contributed by atoms with Crippen molar-refractivity contribution in [3.63, 3.8) is 0 Å². The number of aromatic carboxylic acids is 1. The number of benzene rings is 2. The van der Waals surface area contributed by atoms with E-state index in [1.54, 1.807) is 18.2 Å². The minimum Gasteiger partial charge on any atom is -0.489 e. The van der Waals surface area contributed by atoms with Crippen molar-refractivity contribution in [2.45, 2.75) is 20.5 Å². The van der Waals surface area contributed by atoms with E-state index in [-0.39, 0.29) is 0 Å². The summed E-state index contributed by atoms with van der Waals surface area (Å²) in [5, 5.41) is 8.90. The molecule has 98 valence electrons. The van der Waals surface area contributed by atoms with Crippen molar-refractivity contribution < 1.29 is 14.6 Å². The highest BCUT2D eigenvalue weighted by molar-refractivity contribution is 5.87. The Balaban J connectivity index is 2.07. The lowest BCUT2D eigenvalue weighted by Crippen LogP contribution is -2.01. The maximum Gasteiger partial charge on any atom is 0.335 e. The summed E-state index contributed by atoms with van der Waals surface area (Å²) in [6, 6.07) is 12.9. The molecule has 0 unspecified atom stereocenters. The zero-order chi connectivity index (χ0) is 13.8. The molecular formula is C16H16O3. The fourth-order valence-corrected chi connectivity index (χ4v) is 1.79. The molecular weight excluding hydrogens is 240 g/mol. The van der Waals surface area contributed by atoms with Crippen LogP contribution in [0.5, 0.6) is 5.75 Å². The van der Waals surface area contributed by atoms with Gasteiger partial charge in [0.05, 0.1) is 5.56 Å². The van der Waals surface area contributed by atoms with Crippen LogP contribution in [-0.4, -0.2) is 11.1 Å². The van der Waals surface area contributed by atoms with E-state index in [4.69, 9.17) is 9.84 Å². The fourth-order valence-electron chi connectivity index (χ4n) is 1.79. The molecule has 0 aliphatic heterocycles. The first-order valence-corrected chi connectivity index (χ1v) is 6.08. The van der Waals surface area contributed by atoms with Gasteiger partial charge < -0.3 is 9.84 Å². The second-order valence-electron chi connectivity index (χ2n) is 4.55. The number of carbonyl (C=O) groups is 1. The van der Waals surface area contributed by atoms with E-state index in [1.165, 1.54) is 5.56 Å². The molecule has 2 rings (SSSR count). The molecule has 0 heterocycles. The Morgan fingerprint density at radius 3 is 2.37 bits per heavy atom. The number of hydrogen-bond acceptors (Lipinski definition) is 2. The van der Waals surface area contributed by atoms with Crippen molar-refractivity contribution in [3.05, 3.63) is 64.7 Å². The summed E-state index contributed by atoms with van der Waals surface area (Å²) in [7, 11) is 0. The molecule has 3 heteroatoms. The quantitative estimate of drug-likeness (QED) is 0.909. The molecule has 0 saturated carbocycles. The van der Waals surface area contributed by atoms with Crippen LogP contribution in [0.2, 0.25) is 0 Å². The summed E-state index contributed by atoms with van der Waals surface area (Å²) >= 11 is 0. The van der Waals surface area contributed by atoms with E-state index < -0.39 is 5.97 Å². The van der Waals surface area contributed by atoms with Crippen LogP contribution in [0.25, 0.3) is 0 Å². The van der Waals surface area contributed by atoms with Gasteiger partial charge in [-0.15, -0.1) is 0 Å². The van der Waals surface area contributed by atoms with Crippen molar-refractivity contribution in [2.75, 3.05) is 0 Å². The average molecular weight is 256 g/mol. The molecule has 0 bridgehead atoms. The van der Waals surface area contributed by atoms with Gasteiger partial charge in [0, 0.05) is 0 Å². The van der Waals surface area contributed by atoms with Crippen molar-refractivity contribution in [2.24, 2.45) is 0 Å². The largest absolute Gasteiger partial charge is 0.489 e. The van der Waals surface area contributed by atoms with E-state index in [0.29, 0.717) is 12.2 Å². The number of hydrogen-bond donors (Lipinski definition) is 1. The molecule has 3 nitrogen and oxygen atoms in total. The Hall–Kier alpha value is -2.29. The smallest absolute Gasteiger partial charge is 0.335 e. The second-order valence-corrected chi connectivity index (χ2v) is 4.55. The van der Waals surface area contributed by atoms with Crippen LogP contribution < -0.4 is 4.74 Å². The molecule has 0 atom stereocenters. The predicted molar refractivity (Wildman–Crippen MR) is 73.6 cm³/mol. The average Bonchev–Trinajstić information content (AvgIpc) is 2.39. The third-order valence-electron chi connectivity index (χ3n) is 3.00. The van der Waals surface area contributed by atoms with Gasteiger partial charge in [0.25, 0.3) is 0 Å². The molecule has 1 N–H and O–H groups in total. The summed E-state index contributed by atoms with van der Waals surface area (Å²) in [6.07, 6.45) is 0. The Morgan fingerprint density at radius 1 is 1.11 bits per heavy atom. The molecule has 0 aliphatic carbocycles. The molecule has 19 heavy (non-hydrogen) atoms. The Morgan fingerprint density at radius 2 is 1.79 bits per heavy atom. The SMILES string of the molecule is Cc1ccc(OCc2ccc(C(=O)O)cc2C)cc1. The first-order chi connectivity index (χ1) is 9.06. The lowest BCUT2D eigenvalue weighted by molar-refractivity contribution is 0.0696. The van der Waals surface area contributed by atoms with Gasteiger partial charge in [-0.05, 0) is 49.2 Å². The van der Waals surface area contributed by atoms with Crippen LogP contribution in [0.4, 0.5) is 0 Å². The standard InChI is InChI=1S/C16H16O3/c1-11-3-7-15(8-4-11)19-10-14-6-5-13(16(17)18)9-12(14)2/h3-9H,10H2,1-2H3,(H,17,18). The molecule has 0 fully saturated rings. The van der Waals surface area contributed by atoms with Crippen LogP contribution in [0.1, 0.15) is 27.0 Å². The molecule has 0 radical (unpaired) electrons. The maximum absolute atomic E-state index is 10.8. The van der Waals surface area contributed by atoms with Crippen molar-refractivity contribution >= 4 is 5.97 Å². The molecule has 0 aromatic heterocycles. The van der Waals surface area contributed by atoms with E-state index in [2.05, 4.69) is 0 Å². The summed E-state index contributed by atoms with van der Waals surface area (Å²) in [5.41, 5.74) is 3.41. The summed E-state index contributed by atoms with van der Waals surface area (Å²) in [6.45, 7) is 4.35. The number of rotatable bonds is 4.